The van der Waals surface area contributed by atoms with Crippen LogP contribution in [0.3, 0.4) is 0 Å². The molecule has 1 aromatic carbocycles. The lowest BCUT2D eigenvalue weighted by Gasteiger charge is -2.48. The maximum atomic E-state index is 12.5. The Labute approximate surface area is 131 Å². The summed E-state index contributed by atoms with van der Waals surface area (Å²) in [5, 5.41) is 3.07. The molecule has 22 heavy (non-hydrogen) atoms. The van der Waals surface area contributed by atoms with Crippen molar-refractivity contribution < 1.29 is 9.59 Å². The maximum absolute atomic E-state index is 12.5. The lowest BCUT2D eigenvalue weighted by molar-refractivity contribution is -0.154. The van der Waals surface area contributed by atoms with Crippen LogP contribution in [0.15, 0.2) is 43.0 Å². The number of likely N-dealkylation sites (tertiary alicyclic amines) is 1. The fourth-order valence-electron chi connectivity index (χ4n) is 3.21. The van der Waals surface area contributed by atoms with Crippen molar-refractivity contribution in [3.05, 3.63) is 48.6 Å². The Hall–Kier alpha value is -2.10. The molecule has 1 aromatic rings. The average molecular weight is 298 g/mol. The molecule has 1 aliphatic heterocycles. The van der Waals surface area contributed by atoms with Gasteiger partial charge in [-0.3, -0.25) is 9.59 Å². The molecule has 2 amide bonds. The maximum Gasteiger partial charge on any atom is 0.246 e. The molecule has 1 saturated heterocycles. The quantitative estimate of drug-likeness (QED) is 0.845. The van der Waals surface area contributed by atoms with Gasteiger partial charge in [-0.2, -0.15) is 0 Å². The fraction of sp³-hybridized carbons (Fsp3) is 0.444. The minimum absolute atomic E-state index is 0.0591. The molecule has 1 N–H and O–H groups in total. The van der Waals surface area contributed by atoms with E-state index in [1.54, 1.807) is 4.90 Å². The van der Waals surface area contributed by atoms with Gasteiger partial charge >= 0.3 is 0 Å². The molecule has 3 rings (SSSR count). The lowest BCUT2D eigenvalue weighted by atomic mass is 9.85. The smallest absolute Gasteiger partial charge is 0.246 e. The van der Waals surface area contributed by atoms with Crippen LogP contribution >= 0.6 is 0 Å². The van der Waals surface area contributed by atoms with E-state index in [1.807, 2.05) is 25.1 Å². The first-order valence-electron chi connectivity index (χ1n) is 7.80. The van der Waals surface area contributed by atoms with Gasteiger partial charge in [0.05, 0.1) is 0 Å². The minimum atomic E-state index is -0.724. The molecule has 1 saturated carbocycles. The Balaban J connectivity index is 1.64. The minimum Gasteiger partial charge on any atom is -0.353 e. The molecule has 0 radical (unpaired) electrons. The molecule has 116 valence electrons. The molecular formula is C18H22N2O2. The van der Waals surface area contributed by atoms with E-state index in [2.05, 4.69) is 24.0 Å². The molecule has 1 aliphatic carbocycles. The van der Waals surface area contributed by atoms with Crippen molar-refractivity contribution in [1.29, 1.82) is 0 Å². The van der Waals surface area contributed by atoms with E-state index in [-0.39, 0.29) is 17.2 Å². The molecule has 2 aliphatic rings. The molecule has 4 heteroatoms. The van der Waals surface area contributed by atoms with Crippen LogP contribution in [0.1, 0.15) is 31.7 Å². The zero-order valence-electron chi connectivity index (χ0n) is 13.0. The van der Waals surface area contributed by atoms with Gasteiger partial charge in [0, 0.05) is 18.5 Å². The van der Waals surface area contributed by atoms with Gasteiger partial charge in [0.2, 0.25) is 11.8 Å². The van der Waals surface area contributed by atoms with E-state index in [1.165, 1.54) is 11.6 Å². The van der Waals surface area contributed by atoms with E-state index in [0.717, 1.165) is 12.8 Å². The largest absolute Gasteiger partial charge is 0.353 e. The number of hydrogen-bond donors (Lipinski definition) is 1. The third-order valence-electron chi connectivity index (χ3n) is 5.17. The number of benzene rings is 1. The highest BCUT2D eigenvalue weighted by Crippen LogP contribution is 2.47. The first-order valence-corrected chi connectivity index (χ1v) is 7.80. The molecule has 1 unspecified atom stereocenters. The summed E-state index contributed by atoms with van der Waals surface area (Å²) in [4.78, 5) is 25.9. The van der Waals surface area contributed by atoms with Gasteiger partial charge in [0.25, 0.3) is 0 Å². The summed E-state index contributed by atoms with van der Waals surface area (Å²) >= 11 is 0. The monoisotopic (exact) mass is 298 g/mol. The molecule has 1 atom stereocenters. The first kappa shape index (κ1) is 14.8. The fourth-order valence-corrected chi connectivity index (χ4v) is 3.21. The molecule has 1 heterocycles. The number of nitrogens with one attached hydrogen (secondary N) is 1. The van der Waals surface area contributed by atoms with Crippen LogP contribution in [-0.4, -0.2) is 35.3 Å². The van der Waals surface area contributed by atoms with Crippen molar-refractivity contribution in [2.45, 2.75) is 37.1 Å². The summed E-state index contributed by atoms with van der Waals surface area (Å²) in [7, 11) is 0. The molecule has 4 nitrogen and oxygen atoms in total. The number of amides is 2. The number of rotatable bonds is 5. The predicted octanol–water partition coefficient (Wildman–Crippen LogP) is 2.01. The van der Waals surface area contributed by atoms with Crippen LogP contribution in [0.2, 0.25) is 0 Å². The molecule has 2 fully saturated rings. The lowest BCUT2D eigenvalue weighted by Crippen LogP contribution is -2.67. The van der Waals surface area contributed by atoms with Gasteiger partial charge in [-0.15, -0.1) is 0 Å². The predicted molar refractivity (Wildman–Crippen MR) is 85.3 cm³/mol. The first-order chi connectivity index (χ1) is 10.5. The SMILES string of the molecule is C=CC(=O)N1CCC1(C)C(=O)NCC1(c2ccccc2)CC1. The summed E-state index contributed by atoms with van der Waals surface area (Å²) in [6, 6.07) is 10.3. The zero-order chi connectivity index (χ0) is 15.8. The summed E-state index contributed by atoms with van der Waals surface area (Å²) in [6.45, 7) is 6.59. The van der Waals surface area contributed by atoms with Crippen molar-refractivity contribution >= 4 is 11.8 Å². The Kier molecular flexibility index (Phi) is 3.55. The second kappa shape index (κ2) is 5.27. The summed E-state index contributed by atoms with van der Waals surface area (Å²) in [5.74, 6) is -0.232. The Bertz CT molecular complexity index is 607. The van der Waals surface area contributed by atoms with Gasteiger partial charge in [-0.25, -0.2) is 0 Å². The van der Waals surface area contributed by atoms with Crippen molar-refractivity contribution in [3.63, 3.8) is 0 Å². The number of nitrogens with zero attached hydrogens (tertiary/aromatic N) is 1. The molecule has 0 bridgehead atoms. The molecule has 0 aromatic heterocycles. The number of carbonyl (C=O) groups excluding carboxylic acids is 2. The van der Waals surface area contributed by atoms with Crippen molar-refractivity contribution in [2.24, 2.45) is 0 Å². The topological polar surface area (TPSA) is 49.4 Å². The van der Waals surface area contributed by atoms with Gasteiger partial charge in [0.1, 0.15) is 5.54 Å². The third-order valence-corrected chi connectivity index (χ3v) is 5.17. The average Bonchev–Trinajstić information content (AvgIpc) is 3.32. The number of hydrogen-bond acceptors (Lipinski definition) is 2. The van der Waals surface area contributed by atoms with E-state index in [4.69, 9.17) is 0 Å². The van der Waals surface area contributed by atoms with Crippen LogP contribution in [0.25, 0.3) is 0 Å². The highest BCUT2D eigenvalue weighted by atomic mass is 16.2. The Morgan fingerprint density at radius 2 is 1.95 bits per heavy atom. The highest BCUT2D eigenvalue weighted by Gasteiger charge is 2.50. The summed E-state index contributed by atoms with van der Waals surface area (Å²) in [5.41, 5.74) is 0.649. The van der Waals surface area contributed by atoms with Crippen molar-refractivity contribution in [3.8, 4) is 0 Å². The van der Waals surface area contributed by atoms with Crippen molar-refractivity contribution in [1.82, 2.24) is 10.2 Å². The van der Waals surface area contributed by atoms with E-state index < -0.39 is 5.54 Å². The van der Waals surface area contributed by atoms with Crippen LogP contribution in [0.5, 0.6) is 0 Å². The molecule has 0 spiro atoms. The van der Waals surface area contributed by atoms with E-state index in [0.29, 0.717) is 19.5 Å². The second-order valence-electron chi connectivity index (χ2n) is 6.55. The van der Waals surface area contributed by atoms with Gasteiger partial charge in [-0.1, -0.05) is 36.9 Å². The normalized spacial score (nSPS) is 25.0. The standard InChI is InChI=1S/C18H22N2O2/c1-3-15(21)20-12-11-17(20,2)16(22)19-13-18(9-10-18)14-7-5-4-6-8-14/h3-8H,1,9-13H2,2H3,(H,19,22). The second-order valence-corrected chi connectivity index (χ2v) is 6.55. The van der Waals surface area contributed by atoms with Crippen molar-refractivity contribution in [2.75, 3.05) is 13.1 Å². The highest BCUT2D eigenvalue weighted by molar-refractivity contribution is 5.96. The van der Waals surface area contributed by atoms with Gasteiger partial charge < -0.3 is 10.2 Å². The van der Waals surface area contributed by atoms with Crippen LogP contribution in [0.4, 0.5) is 0 Å². The van der Waals surface area contributed by atoms with Gasteiger partial charge in [-0.05, 0) is 37.8 Å². The van der Waals surface area contributed by atoms with Crippen LogP contribution < -0.4 is 5.32 Å². The van der Waals surface area contributed by atoms with Gasteiger partial charge in [0.15, 0.2) is 0 Å². The summed E-state index contributed by atoms with van der Waals surface area (Å²) in [6.07, 6.45) is 4.18. The Morgan fingerprint density at radius 3 is 2.45 bits per heavy atom. The zero-order valence-corrected chi connectivity index (χ0v) is 13.0. The summed E-state index contributed by atoms with van der Waals surface area (Å²) < 4.78 is 0. The van der Waals surface area contributed by atoms with E-state index >= 15 is 0 Å². The third kappa shape index (κ3) is 2.32. The van der Waals surface area contributed by atoms with E-state index in [9.17, 15) is 9.59 Å². The Morgan fingerprint density at radius 1 is 1.27 bits per heavy atom. The number of carbonyl (C=O) groups is 2. The molecular weight excluding hydrogens is 276 g/mol. The van der Waals surface area contributed by atoms with Crippen LogP contribution in [0, 0.1) is 0 Å². The van der Waals surface area contributed by atoms with Crippen LogP contribution in [-0.2, 0) is 15.0 Å².